The van der Waals surface area contributed by atoms with Crippen molar-refractivity contribution >= 4 is 11.5 Å². The molecule has 0 spiro atoms. The molecule has 0 saturated carbocycles. The van der Waals surface area contributed by atoms with E-state index in [2.05, 4.69) is 24.9 Å². The van der Waals surface area contributed by atoms with Gasteiger partial charge in [0.1, 0.15) is 18.1 Å². The van der Waals surface area contributed by atoms with E-state index in [-0.39, 0.29) is 17.5 Å². The number of fused-ring (bicyclic) bond motifs is 1. The van der Waals surface area contributed by atoms with Crippen LogP contribution in [0.4, 0.5) is 20.3 Å². The predicted octanol–water partition coefficient (Wildman–Crippen LogP) is 4.22. The molecule has 180 valence electrons. The number of hydrogen-bond acceptors (Lipinski definition) is 6. The Morgan fingerprint density at radius 3 is 2.62 bits per heavy atom. The van der Waals surface area contributed by atoms with Crippen LogP contribution >= 0.6 is 0 Å². The summed E-state index contributed by atoms with van der Waals surface area (Å²) >= 11 is 0. The maximum Gasteiger partial charge on any atom is 0.178 e. The molecular formula is C25H30F2N6O. The summed E-state index contributed by atoms with van der Waals surface area (Å²) in [5, 5.41) is 4.49. The Kier molecular flexibility index (Phi) is 6.10. The zero-order chi connectivity index (χ0) is 23.8. The summed E-state index contributed by atoms with van der Waals surface area (Å²) in [7, 11) is 1.92. The lowest BCUT2D eigenvalue weighted by Gasteiger charge is -2.34. The van der Waals surface area contributed by atoms with Gasteiger partial charge in [0.15, 0.2) is 23.2 Å². The molecule has 1 saturated heterocycles. The van der Waals surface area contributed by atoms with Crippen LogP contribution in [0.2, 0.25) is 0 Å². The number of ether oxygens (including phenoxy) is 1. The number of benzene rings is 1. The van der Waals surface area contributed by atoms with E-state index in [1.807, 2.05) is 37.8 Å². The molecule has 2 aliphatic rings. The van der Waals surface area contributed by atoms with Gasteiger partial charge in [0.25, 0.3) is 0 Å². The molecule has 9 heteroatoms. The van der Waals surface area contributed by atoms with Crippen LogP contribution in [-0.4, -0.2) is 52.0 Å². The topological polar surface area (TPSA) is 59.3 Å². The number of anilines is 2. The molecule has 0 N–H and O–H groups in total. The van der Waals surface area contributed by atoms with Crippen LogP contribution in [0.3, 0.4) is 0 Å². The van der Waals surface area contributed by atoms with E-state index in [9.17, 15) is 8.78 Å². The third-order valence-electron chi connectivity index (χ3n) is 6.71. The molecule has 0 aliphatic carbocycles. The van der Waals surface area contributed by atoms with E-state index < -0.39 is 11.6 Å². The molecule has 3 aromatic rings. The zero-order valence-corrected chi connectivity index (χ0v) is 19.8. The monoisotopic (exact) mass is 468 g/mol. The number of nitrogens with zero attached hydrogens (tertiary/aromatic N) is 6. The molecule has 2 aliphatic heterocycles. The third-order valence-corrected chi connectivity index (χ3v) is 6.71. The Morgan fingerprint density at radius 2 is 1.91 bits per heavy atom. The van der Waals surface area contributed by atoms with E-state index in [1.165, 1.54) is 12.3 Å². The Balaban J connectivity index is 1.35. The first kappa shape index (κ1) is 22.6. The van der Waals surface area contributed by atoms with Crippen LogP contribution in [0, 0.1) is 17.6 Å². The Hall–Kier alpha value is -3.23. The smallest absolute Gasteiger partial charge is 0.178 e. The molecule has 34 heavy (non-hydrogen) atoms. The van der Waals surface area contributed by atoms with Gasteiger partial charge >= 0.3 is 0 Å². The van der Waals surface area contributed by atoms with Crippen molar-refractivity contribution in [3.05, 3.63) is 48.1 Å². The molecule has 0 amide bonds. The predicted molar refractivity (Wildman–Crippen MR) is 127 cm³/mol. The first-order valence-corrected chi connectivity index (χ1v) is 11.9. The van der Waals surface area contributed by atoms with Crippen molar-refractivity contribution in [1.29, 1.82) is 0 Å². The van der Waals surface area contributed by atoms with E-state index in [1.54, 1.807) is 6.07 Å². The summed E-state index contributed by atoms with van der Waals surface area (Å²) in [6.45, 7) is 6.99. The second-order valence-electron chi connectivity index (χ2n) is 9.41. The van der Waals surface area contributed by atoms with Crippen LogP contribution in [0.25, 0.3) is 11.3 Å². The van der Waals surface area contributed by atoms with Crippen LogP contribution in [0.15, 0.2) is 30.6 Å². The highest BCUT2D eigenvalue weighted by Gasteiger charge is 2.26. The molecule has 2 aromatic heterocycles. The molecule has 1 aromatic carbocycles. The Labute approximate surface area is 198 Å². The quantitative estimate of drug-likeness (QED) is 0.559. The first-order valence-electron chi connectivity index (χ1n) is 11.9. The van der Waals surface area contributed by atoms with E-state index in [4.69, 9.17) is 4.74 Å². The highest BCUT2D eigenvalue weighted by molar-refractivity contribution is 5.72. The van der Waals surface area contributed by atoms with Gasteiger partial charge in [-0.1, -0.05) is 0 Å². The van der Waals surface area contributed by atoms with Gasteiger partial charge in [0, 0.05) is 50.4 Å². The van der Waals surface area contributed by atoms with Gasteiger partial charge in [-0.3, -0.25) is 4.68 Å². The van der Waals surface area contributed by atoms with Gasteiger partial charge in [-0.2, -0.15) is 5.10 Å². The van der Waals surface area contributed by atoms with Crippen LogP contribution in [0.1, 0.15) is 32.5 Å². The fourth-order valence-electron chi connectivity index (χ4n) is 4.88. The van der Waals surface area contributed by atoms with Crippen molar-refractivity contribution in [2.45, 2.75) is 39.2 Å². The van der Waals surface area contributed by atoms with Gasteiger partial charge in [0.05, 0.1) is 18.4 Å². The lowest BCUT2D eigenvalue weighted by molar-refractivity contribution is 0.287. The second-order valence-corrected chi connectivity index (χ2v) is 9.41. The fraction of sp³-hybridized carbons (Fsp3) is 0.480. The molecule has 7 nitrogen and oxygen atoms in total. The van der Waals surface area contributed by atoms with Crippen molar-refractivity contribution in [1.82, 2.24) is 19.7 Å². The average Bonchev–Trinajstić information content (AvgIpc) is 3.26. The number of aryl methyl sites for hydroxylation is 1. The summed E-state index contributed by atoms with van der Waals surface area (Å²) in [5.41, 5.74) is 1.17. The van der Waals surface area contributed by atoms with Crippen molar-refractivity contribution in [3.63, 3.8) is 0 Å². The number of rotatable bonds is 5. The summed E-state index contributed by atoms with van der Waals surface area (Å²) < 4.78 is 37.1. The molecule has 0 unspecified atom stereocenters. The maximum absolute atomic E-state index is 14.9. The zero-order valence-electron chi connectivity index (χ0n) is 19.8. The van der Waals surface area contributed by atoms with Gasteiger partial charge in [-0.25, -0.2) is 18.7 Å². The van der Waals surface area contributed by atoms with Gasteiger partial charge < -0.3 is 14.5 Å². The van der Waals surface area contributed by atoms with E-state index >= 15 is 0 Å². The molecule has 0 bridgehead atoms. The van der Waals surface area contributed by atoms with Crippen LogP contribution < -0.4 is 14.5 Å². The van der Waals surface area contributed by atoms with E-state index in [0.717, 1.165) is 31.7 Å². The first-order chi connectivity index (χ1) is 16.4. The maximum atomic E-state index is 14.9. The van der Waals surface area contributed by atoms with Crippen molar-refractivity contribution in [3.8, 4) is 17.0 Å². The highest BCUT2D eigenvalue weighted by atomic mass is 19.1. The molecular weight excluding hydrogens is 438 g/mol. The van der Waals surface area contributed by atoms with Crippen molar-refractivity contribution < 1.29 is 13.5 Å². The molecule has 1 fully saturated rings. The summed E-state index contributed by atoms with van der Waals surface area (Å²) in [4.78, 5) is 13.1. The minimum absolute atomic E-state index is 0.131. The minimum Gasteiger partial charge on any atom is -0.486 e. The van der Waals surface area contributed by atoms with Gasteiger partial charge in [-0.05, 0) is 44.7 Å². The lowest BCUT2D eigenvalue weighted by Crippen LogP contribution is -2.38. The second kappa shape index (κ2) is 9.19. The minimum atomic E-state index is -0.555. The summed E-state index contributed by atoms with van der Waals surface area (Å²) in [6.07, 6.45) is 5.79. The lowest BCUT2D eigenvalue weighted by atomic mass is 9.93. The number of hydrogen-bond donors (Lipinski definition) is 0. The van der Waals surface area contributed by atoms with Crippen LogP contribution in [-0.2, 0) is 13.5 Å². The summed E-state index contributed by atoms with van der Waals surface area (Å²) in [6, 6.07) is 5.28. The third kappa shape index (κ3) is 4.43. The normalized spacial score (nSPS) is 16.6. The Bertz CT molecular complexity index is 1170. The van der Waals surface area contributed by atoms with Crippen molar-refractivity contribution in [2.75, 3.05) is 36.0 Å². The van der Waals surface area contributed by atoms with Gasteiger partial charge in [0.2, 0.25) is 0 Å². The van der Waals surface area contributed by atoms with Crippen molar-refractivity contribution in [2.24, 2.45) is 13.0 Å². The summed E-state index contributed by atoms with van der Waals surface area (Å²) in [5.74, 6) is 1.15. The fourth-order valence-corrected chi connectivity index (χ4v) is 4.88. The Morgan fingerprint density at radius 1 is 1.12 bits per heavy atom. The molecule has 0 radical (unpaired) electrons. The SMILES string of the molecule is CC(C)N1CCOc2c(F)cc(-c3nc(CC4CCN(c5ccn(C)n5)CC4)ncc3F)cc21. The molecule has 4 heterocycles. The molecule has 0 atom stereocenters. The number of halogens is 2. The highest BCUT2D eigenvalue weighted by Crippen LogP contribution is 2.39. The average molecular weight is 469 g/mol. The molecule has 5 rings (SSSR count). The van der Waals surface area contributed by atoms with E-state index in [0.29, 0.717) is 42.6 Å². The van der Waals surface area contributed by atoms with Gasteiger partial charge in [-0.15, -0.1) is 0 Å². The number of piperidine rings is 1. The largest absolute Gasteiger partial charge is 0.486 e. The standard InChI is InChI=1S/C25H30F2N6O/c1-16(2)33-10-11-34-25-19(26)13-18(14-21(25)33)24-20(27)15-28-22(29-24)12-17-4-8-32(9-5-17)23-6-7-31(3)30-23/h6-7,13-17H,4-5,8-12H2,1-3H3. The van der Waals surface area contributed by atoms with Crippen LogP contribution in [0.5, 0.6) is 5.75 Å². The number of aromatic nitrogens is 4.